The summed E-state index contributed by atoms with van der Waals surface area (Å²) in [5, 5.41) is 1.18. The first-order valence-electron chi connectivity index (χ1n) is 6.56. The monoisotopic (exact) mass is 310 g/mol. The zero-order chi connectivity index (χ0) is 14.3. The van der Waals surface area contributed by atoms with E-state index < -0.39 is 10.0 Å². The van der Waals surface area contributed by atoms with Gasteiger partial charge < -0.3 is 0 Å². The van der Waals surface area contributed by atoms with Gasteiger partial charge in [-0.15, -0.1) is 0 Å². The first kappa shape index (κ1) is 13.8. The van der Waals surface area contributed by atoms with Gasteiger partial charge in [0, 0.05) is 18.0 Å². The third-order valence-corrected chi connectivity index (χ3v) is 5.95. The van der Waals surface area contributed by atoms with Crippen molar-refractivity contribution >= 4 is 32.5 Å². The normalized spacial score (nSPS) is 20.6. The summed E-state index contributed by atoms with van der Waals surface area (Å²) in [6.45, 7) is 2.55. The molecule has 0 amide bonds. The summed E-state index contributed by atoms with van der Waals surface area (Å²) in [4.78, 5) is 4.49. The maximum atomic E-state index is 12.6. The summed E-state index contributed by atoms with van der Waals surface area (Å²) in [6, 6.07) is 8.49. The van der Waals surface area contributed by atoms with Crippen LogP contribution >= 0.6 is 11.6 Å². The zero-order valence-electron chi connectivity index (χ0n) is 11.1. The zero-order valence-corrected chi connectivity index (χ0v) is 12.7. The molecule has 0 bridgehead atoms. The molecule has 3 rings (SSSR count). The number of aromatic nitrogens is 1. The van der Waals surface area contributed by atoms with Gasteiger partial charge in [-0.05, 0) is 50.1 Å². The second-order valence-electron chi connectivity index (χ2n) is 5.10. The minimum atomic E-state index is -3.42. The van der Waals surface area contributed by atoms with Gasteiger partial charge in [0.05, 0.1) is 10.4 Å². The van der Waals surface area contributed by atoms with Gasteiger partial charge in [-0.2, -0.15) is 4.31 Å². The van der Waals surface area contributed by atoms with Crippen molar-refractivity contribution in [2.24, 2.45) is 0 Å². The Morgan fingerprint density at radius 1 is 1.30 bits per heavy atom. The molecule has 0 saturated carbocycles. The van der Waals surface area contributed by atoms with Crippen molar-refractivity contribution in [2.75, 3.05) is 6.54 Å². The lowest BCUT2D eigenvalue weighted by molar-refractivity contribution is 0.408. The molecule has 0 N–H and O–H groups in total. The van der Waals surface area contributed by atoms with Crippen LogP contribution in [0.4, 0.5) is 0 Å². The quantitative estimate of drug-likeness (QED) is 0.801. The van der Waals surface area contributed by atoms with Crippen molar-refractivity contribution in [2.45, 2.75) is 30.7 Å². The van der Waals surface area contributed by atoms with Gasteiger partial charge in [-0.1, -0.05) is 11.6 Å². The smallest absolute Gasteiger partial charge is 0.236 e. The predicted molar refractivity (Wildman–Crippen MR) is 79.3 cm³/mol. The summed E-state index contributed by atoms with van der Waals surface area (Å²) in [5.74, 6) is 0. The lowest BCUT2D eigenvalue weighted by atomic mass is 10.2. The summed E-state index contributed by atoms with van der Waals surface area (Å²) in [6.07, 6.45) is 1.84. The Balaban J connectivity index is 2.07. The number of rotatable bonds is 2. The Bertz CT molecular complexity index is 761. The van der Waals surface area contributed by atoms with E-state index in [1.807, 2.05) is 6.92 Å². The van der Waals surface area contributed by atoms with Crippen molar-refractivity contribution in [1.29, 1.82) is 0 Å². The molecule has 1 aromatic carbocycles. The average molecular weight is 311 g/mol. The average Bonchev–Trinajstić information content (AvgIpc) is 2.85. The Kier molecular flexibility index (Phi) is 3.44. The van der Waals surface area contributed by atoms with Crippen molar-refractivity contribution in [1.82, 2.24) is 9.29 Å². The van der Waals surface area contributed by atoms with Crippen LogP contribution in [0.25, 0.3) is 10.9 Å². The summed E-state index contributed by atoms with van der Waals surface area (Å²) < 4.78 is 26.9. The van der Waals surface area contributed by atoms with Gasteiger partial charge in [0.2, 0.25) is 10.0 Å². The maximum Gasteiger partial charge on any atom is 0.243 e. The topological polar surface area (TPSA) is 50.3 Å². The molecular weight excluding hydrogens is 296 g/mol. The first-order valence-corrected chi connectivity index (χ1v) is 8.38. The van der Waals surface area contributed by atoms with Gasteiger partial charge in [0.15, 0.2) is 0 Å². The minimum absolute atomic E-state index is 0.0686. The molecule has 1 atom stereocenters. The van der Waals surface area contributed by atoms with Crippen molar-refractivity contribution in [3.05, 3.63) is 35.5 Å². The summed E-state index contributed by atoms with van der Waals surface area (Å²) in [7, 11) is -3.42. The van der Waals surface area contributed by atoms with Crippen LogP contribution < -0.4 is 0 Å². The van der Waals surface area contributed by atoms with Crippen molar-refractivity contribution in [3.63, 3.8) is 0 Å². The van der Waals surface area contributed by atoms with Crippen LogP contribution in [0.5, 0.6) is 0 Å². The minimum Gasteiger partial charge on any atom is -0.236 e. The number of nitrogens with zero attached hydrogens (tertiary/aromatic N) is 2. The number of benzene rings is 1. The summed E-state index contributed by atoms with van der Waals surface area (Å²) >= 11 is 5.83. The number of pyridine rings is 1. The number of hydrogen-bond acceptors (Lipinski definition) is 3. The number of hydrogen-bond donors (Lipinski definition) is 0. The standard InChI is InChI=1S/C14H15ClN2O2S/c1-10-3-2-8-17(10)20(18,19)12-5-6-13-11(9-12)4-7-14(15)16-13/h4-7,9-10H,2-3,8H2,1H3. The Morgan fingerprint density at radius 3 is 2.80 bits per heavy atom. The molecule has 0 spiro atoms. The lowest BCUT2D eigenvalue weighted by Gasteiger charge is -2.21. The van der Waals surface area contributed by atoms with Crippen LogP contribution in [0.15, 0.2) is 35.2 Å². The van der Waals surface area contributed by atoms with Crippen molar-refractivity contribution < 1.29 is 8.42 Å². The molecule has 1 unspecified atom stereocenters. The highest BCUT2D eigenvalue weighted by Gasteiger charge is 2.32. The molecule has 6 heteroatoms. The van der Waals surface area contributed by atoms with E-state index in [1.54, 1.807) is 34.6 Å². The van der Waals surface area contributed by atoms with Crippen LogP contribution in [-0.4, -0.2) is 30.3 Å². The number of halogens is 1. The molecule has 20 heavy (non-hydrogen) atoms. The lowest BCUT2D eigenvalue weighted by Crippen LogP contribution is -2.33. The molecule has 1 saturated heterocycles. The largest absolute Gasteiger partial charge is 0.243 e. The van der Waals surface area contributed by atoms with Crippen LogP contribution in [-0.2, 0) is 10.0 Å². The molecule has 2 aromatic rings. The van der Waals surface area contributed by atoms with Crippen molar-refractivity contribution in [3.8, 4) is 0 Å². The van der Waals surface area contributed by atoms with E-state index in [9.17, 15) is 8.42 Å². The fraction of sp³-hybridized carbons (Fsp3) is 0.357. The van der Waals surface area contributed by atoms with E-state index in [1.165, 1.54) is 0 Å². The Morgan fingerprint density at radius 2 is 2.10 bits per heavy atom. The molecular formula is C14H15ClN2O2S. The van der Waals surface area contributed by atoms with Gasteiger partial charge in [-0.25, -0.2) is 13.4 Å². The van der Waals surface area contributed by atoms with E-state index >= 15 is 0 Å². The van der Waals surface area contributed by atoms with Crippen LogP contribution in [0, 0.1) is 0 Å². The molecule has 1 aliphatic rings. The third-order valence-electron chi connectivity index (χ3n) is 3.73. The molecule has 0 radical (unpaired) electrons. The molecule has 1 aliphatic heterocycles. The highest BCUT2D eigenvalue weighted by Crippen LogP contribution is 2.27. The van der Waals surface area contributed by atoms with Gasteiger partial charge in [0.1, 0.15) is 5.15 Å². The molecule has 106 valence electrons. The van der Waals surface area contributed by atoms with Crippen LogP contribution in [0.2, 0.25) is 5.15 Å². The molecule has 1 fully saturated rings. The SMILES string of the molecule is CC1CCCN1S(=O)(=O)c1ccc2nc(Cl)ccc2c1. The first-order chi connectivity index (χ1) is 9.48. The molecule has 0 aliphatic carbocycles. The molecule has 2 heterocycles. The fourth-order valence-corrected chi connectivity index (χ4v) is 4.53. The second-order valence-corrected chi connectivity index (χ2v) is 7.37. The number of sulfonamides is 1. The van der Waals surface area contributed by atoms with Crippen LogP contribution in [0.3, 0.4) is 0 Å². The van der Waals surface area contributed by atoms with Crippen LogP contribution in [0.1, 0.15) is 19.8 Å². The second kappa shape index (κ2) is 4.98. The van der Waals surface area contributed by atoms with E-state index in [0.717, 1.165) is 18.2 Å². The Hall–Kier alpha value is -1.17. The van der Waals surface area contributed by atoms with Gasteiger partial charge >= 0.3 is 0 Å². The van der Waals surface area contributed by atoms with E-state index in [-0.39, 0.29) is 6.04 Å². The van der Waals surface area contributed by atoms with Gasteiger partial charge in [-0.3, -0.25) is 0 Å². The predicted octanol–water partition coefficient (Wildman–Crippen LogP) is 3.06. The van der Waals surface area contributed by atoms with Gasteiger partial charge in [0.25, 0.3) is 0 Å². The molecule has 1 aromatic heterocycles. The van der Waals surface area contributed by atoms with E-state index in [2.05, 4.69) is 4.98 Å². The van der Waals surface area contributed by atoms with E-state index in [0.29, 0.717) is 22.1 Å². The molecule has 4 nitrogen and oxygen atoms in total. The Labute approximate surface area is 123 Å². The number of fused-ring (bicyclic) bond motifs is 1. The summed E-state index contributed by atoms with van der Waals surface area (Å²) in [5.41, 5.74) is 0.700. The third kappa shape index (κ3) is 2.30. The van der Waals surface area contributed by atoms with E-state index in [4.69, 9.17) is 11.6 Å². The highest BCUT2D eigenvalue weighted by molar-refractivity contribution is 7.89. The maximum absolute atomic E-state index is 12.6. The highest BCUT2D eigenvalue weighted by atomic mass is 35.5. The fourth-order valence-electron chi connectivity index (χ4n) is 2.64.